The third kappa shape index (κ3) is 1.82. The summed E-state index contributed by atoms with van der Waals surface area (Å²) in [4.78, 5) is 0. The van der Waals surface area contributed by atoms with E-state index in [1.54, 1.807) is 5.56 Å². The number of anilines is 2. The Morgan fingerprint density at radius 3 is 2.46 bits per heavy atom. The fraction of sp³-hybridized carbons (Fsp3) is 0.647. The molecule has 0 radical (unpaired) electrons. The molecule has 3 heteroatoms. The van der Waals surface area contributed by atoms with Gasteiger partial charge in [0.2, 0.25) is 0 Å². The maximum Gasteiger partial charge on any atom is 0.0638 e. The first-order valence-electron chi connectivity index (χ1n) is 15.1. The van der Waals surface area contributed by atoms with E-state index in [9.17, 15) is 0 Å². The highest BCUT2D eigenvalue weighted by Crippen LogP contribution is 2.98. The quantitative estimate of drug-likeness (QED) is 0.413. The summed E-state index contributed by atoms with van der Waals surface area (Å²) in [7, 11) is 0. The zero-order valence-electron chi connectivity index (χ0n) is 22.0. The maximum absolute atomic E-state index is 6.55. The van der Waals surface area contributed by atoms with E-state index in [4.69, 9.17) is 23.1 Å². The molecule has 2 nitrogen and oxygen atoms in total. The number of nitrogens with two attached hydrogens (primary N) is 2. The van der Waals surface area contributed by atoms with Crippen LogP contribution in [0.5, 0.6) is 0 Å². The van der Waals surface area contributed by atoms with Crippen molar-refractivity contribution in [3.63, 3.8) is 0 Å². The molecule has 2 aromatic rings. The highest BCUT2D eigenvalue weighted by Gasteiger charge is 2.92. The van der Waals surface area contributed by atoms with Crippen LogP contribution < -0.4 is 11.5 Å². The van der Waals surface area contributed by atoms with Crippen LogP contribution in [0.1, 0.15) is 82.3 Å². The number of halogens is 1. The smallest absolute Gasteiger partial charge is 0.0638 e. The number of rotatable bonds is 4. The Balaban J connectivity index is 1.00. The van der Waals surface area contributed by atoms with E-state index in [2.05, 4.69) is 49.4 Å². The predicted octanol–water partition coefficient (Wildman–Crippen LogP) is 7.74. The van der Waals surface area contributed by atoms with Crippen LogP contribution in [0.15, 0.2) is 42.5 Å². The number of benzene rings is 2. The van der Waals surface area contributed by atoms with Gasteiger partial charge >= 0.3 is 0 Å². The fourth-order valence-corrected chi connectivity index (χ4v) is 15.6. The summed E-state index contributed by atoms with van der Waals surface area (Å²) in [5.74, 6) is 4.87. The van der Waals surface area contributed by atoms with Gasteiger partial charge in [0, 0.05) is 16.5 Å². The zero-order chi connectivity index (χ0) is 24.8. The minimum absolute atomic E-state index is 0.409. The molecule has 0 saturated heterocycles. The molecule has 8 fully saturated rings. The third-order valence-electron chi connectivity index (χ3n) is 15.5. The summed E-state index contributed by atoms with van der Waals surface area (Å²) >= 11 is 6.55. The third-order valence-corrected chi connectivity index (χ3v) is 15.8. The highest BCUT2D eigenvalue weighted by atomic mass is 35.5. The van der Waals surface area contributed by atoms with Crippen LogP contribution >= 0.6 is 11.6 Å². The van der Waals surface area contributed by atoms with Crippen molar-refractivity contribution in [2.24, 2.45) is 51.2 Å². The van der Waals surface area contributed by atoms with Crippen LogP contribution in [0.2, 0.25) is 5.02 Å². The minimum Gasteiger partial charge on any atom is -0.399 e. The van der Waals surface area contributed by atoms with Crippen molar-refractivity contribution in [3.05, 3.63) is 58.6 Å². The first-order valence-corrected chi connectivity index (χ1v) is 15.5. The molecule has 0 heterocycles. The normalized spacial score (nSPS) is 56.1. The average molecular weight is 511 g/mol. The molecule has 0 amide bonds. The van der Waals surface area contributed by atoms with Crippen molar-refractivity contribution in [2.45, 2.75) is 82.0 Å². The van der Waals surface area contributed by atoms with Gasteiger partial charge in [-0.3, -0.25) is 0 Å². The van der Waals surface area contributed by atoms with Crippen molar-refractivity contribution < 1.29 is 0 Å². The van der Waals surface area contributed by atoms with Gasteiger partial charge in [0.1, 0.15) is 0 Å². The molecule has 8 saturated carbocycles. The SMILES string of the molecule is CC12CC3CC4(CC5C6CC7CC8(c9ccc(N)c(Cl)c9)CC5C78C6)CC(c5ccc(N)cc5)(C1)C24C3. The number of nitrogen functional groups attached to an aromatic ring is 2. The average Bonchev–Trinajstić information content (AvgIpc) is 3.52. The van der Waals surface area contributed by atoms with E-state index in [0.29, 0.717) is 32.5 Å². The Hall–Kier alpha value is -1.67. The molecular weight excluding hydrogens is 472 g/mol. The lowest BCUT2D eigenvalue weighted by atomic mass is 9.18. The van der Waals surface area contributed by atoms with Crippen LogP contribution in [-0.2, 0) is 10.8 Å². The summed E-state index contributed by atoms with van der Waals surface area (Å²) in [6, 6.07) is 15.8. The Kier molecular flexibility index (Phi) is 3.30. The first-order chi connectivity index (χ1) is 17.7. The van der Waals surface area contributed by atoms with Gasteiger partial charge in [-0.05, 0) is 151 Å². The van der Waals surface area contributed by atoms with E-state index in [-0.39, 0.29) is 0 Å². The lowest BCUT2D eigenvalue weighted by molar-refractivity contribution is -0.327. The van der Waals surface area contributed by atoms with Gasteiger partial charge in [0.05, 0.1) is 10.7 Å². The summed E-state index contributed by atoms with van der Waals surface area (Å²) < 4.78 is 0. The van der Waals surface area contributed by atoms with Crippen molar-refractivity contribution in [1.29, 1.82) is 0 Å². The molecule has 4 bridgehead atoms. The van der Waals surface area contributed by atoms with Crippen molar-refractivity contribution >= 4 is 23.0 Å². The molecule has 192 valence electrons. The maximum atomic E-state index is 6.55. The van der Waals surface area contributed by atoms with E-state index >= 15 is 0 Å². The van der Waals surface area contributed by atoms with Gasteiger partial charge < -0.3 is 11.5 Å². The van der Waals surface area contributed by atoms with Crippen LogP contribution in [0.4, 0.5) is 11.4 Å². The summed E-state index contributed by atoms with van der Waals surface area (Å²) in [6.45, 7) is 2.69. The number of hydrogen-bond donors (Lipinski definition) is 2. The second-order valence-corrected chi connectivity index (χ2v) is 16.3. The molecule has 8 aliphatic carbocycles. The van der Waals surface area contributed by atoms with Crippen molar-refractivity contribution in [3.8, 4) is 0 Å². The highest BCUT2D eigenvalue weighted by molar-refractivity contribution is 6.33. The van der Waals surface area contributed by atoms with Crippen LogP contribution in [0, 0.1) is 51.2 Å². The molecule has 2 aromatic carbocycles. The molecule has 11 unspecified atom stereocenters. The van der Waals surface area contributed by atoms with Crippen LogP contribution in [0.25, 0.3) is 0 Å². The lowest BCUT2D eigenvalue weighted by Crippen LogP contribution is -2.80. The van der Waals surface area contributed by atoms with Crippen LogP contribution in [0.3, 0.4) is 0 Å². The standard InChI is InChI=1S/C34H39ClN2/c1-29-10-19-11-30(18-32(17-29,34(29,30)12-19)21-2-5-24(36)6-3-21)15-25-20-8-23-14-31(16-26(25)33(23,31)13-20)22-4-7-28(37)27(35)9-22/h2-7,9,19-20,23,25-26H,8,10-18,36-37H2,1H3. The molecule has 8 aliphatic rings. The van der Waals surface area contributed by atoms with Crippen molar-refractivity contribution in [1.82, 2.24) is 0 Å². The molecule has 4 N–H and O–H groups in total. The Morgan fingerprint density at radius 1 is 0.865 bits per heavy atom. The van der Waals surface area contributed by atoms with Gasteiger partial charge in [0.15, 0.2) is 0 Å². The molecule has 10 rings (SSSR count). The summed E-state index contributed by atoms with van der Waals surface area (Å²) in [5, 5.41) is 0.761. The van der Waals surface area contributed by atoms with E-state index in [1.165, 1.54) is 69.8 Å². The topological polar surface area (TPSA) is 52.0 Å². The van der Waals surface area contributed by atoms with Gasteiger partial charge in [0.25, 0.3) is 0 Å². The molecule has 37 heavy (non-hydrogen) atoms. The van der Waals surface area contributed by atoms with Gasteiger partial charge in [-0.15, -0.1) is 0 Å². The molecular formula is C34H39ClN2. The van der Waals surface area contributed by atoms with Crippen molar-refractivity contribution in [2.75, 3.05) is 11.5 Å². The molecule has 0 aliphatic heterocycles. The fourth-order valence-electron chi connectivity index (χ4n) is 15.4. The lowest BCUT2D eigenvalue weighted by Gasteiger charge is -2.85. The van der Waals surface area contributed by atoms with Gasteiger partial charge in [-0.1, -0.05) is 36.7 Å². The van der Waals surface area contributed by atoms with E-state index in [1.807, 2.05) is 0 Å². The second kappa shape index (κ2) is 5.77. The summed E-state index contributed by atoms with van der Waals surface area (Å²) in [6.07, 6.45) is 14.8. The molecule has 11 atom stereocenters. The Morgan fingerprint density at radius 2 is 1.68 bits per heavy atom. The molecule has 0 aromatic heterocycles. The van der Waals surface area contributed by atoms with Crippen LogP contribution in [-0.4, -0.2) is 0 Å². The Labute approximate surface area is 225 Å². The predicted molar refractivity (Wildman–Crippen MR) is 149 cm³/mol. The van der Waals surface area contributed by atoms with Gasteiger partial charge in [-0.2, -0.15) is 0 Å². The first kappa shape index (κ1) is 21.2. The zero-order valence-corrected chi connectivity index (χ0v) is 22.8. The minimum atomic E-state index is 0.409. The second-order valence-electron chi connectivity index (χ2n) is 15.9. The van der Waals surface area contributed by atoms with Gasteiger partial charge in [-0.25, -0.2) is 0 Å². The van der Waals surface area contributed by atoms with E-state index < -0.39 is 0 Å². The molecule has 2 spiro atoms. The monoisotopic (exact) mass is 510 g/mol. The number of hydrogen-bond acceptors (Lipinski definition) is 2. The summed E-state index contributed by atoms with van der Waals surface area (Å²) in [5.41, 5.74) is 20.2. The Bertz CT molecular complexity index is 1420. The van der Waals surface area contributed by atoms with E-state index in [0.717, 1.165) is 46.0 Å². The number of fused-ring (bicyclic) bond motifs is 2. The largest absolute Gasteiger partial charge is 0.399 e.